The largest absolute Gasteiger partial charge is 0.489 e. The minimum atomic E-state index is -0.0126. The molecule has 2 aromatic carbocycles. The maximum absolute atomic E-state index is 11.5. The van der Waals surface area contributed by atoms with E-state index in [-0.39, 0.29) is 6.10 Å². The van der Waals surface area contributed by atoms with Gasteiger partial charge in [-0.3, -0.25) is 4.79 Å². The third-order valence-corrected chi connectivity index (χ3v) is 7.13. The molecule has 9 heteroatoms. The van der Waals surface area contributed by atoms with Gasteiger partial charge in [-0.25, -0.2) is 9.97 Å². The van der Waals surface area contributed by atoms with E-state index in [0.717, 1.165) is 66.2 Å². The molecule has 5 rings (SSSR count). The predicted octanol–water partition coefficient (Wildman–Crippen LogP) is 5.99. The zero-order chi connectivity index (χ0) is 28.9. The van der Waals surface area contributed by atoms with Crippen LogP contribution in [0.1, 0.15) is 35.3 Å². The van der Waals surface area contributed by atoms with Crippen molar-refractivity contribution in [2.45, 2.75) is 33.8 Å². The van der Waals surface area contributed by atoms with Crippen LogP contribution in [0.15, 0.2) is 60.9 Å². The molecule has 0 saturated carbocycles. The number of carbonyl (C=O) groups is 1. The number of carbonyl (C=O) groups excluding carboxylic acids is 1. The van der Waals surface area contributed by atoms with E-state index in [9.17, 15) is 4.79 Å². The predicted molar refractivity (Wildman–Crippen MR) is 165 cm³/mol. The number of pyridine rings is 1. The Morgan fingerprint density at radius 3 is 2.39 bits per heavy atom. The number of nitrogens with one attached hydrogen (secondary N) is 2. The van der Waals surface area contributed by atoms with Crippen LogP contribution < -0.4 is 20.3 Å². The molecule has 4 aromatic rings. The summed E-state index contributed by atoms with van der Waals surface area (Å²) in [5.74, 6) is 2.74. The number of hydrogen-bond donors (Lipinski definition) is 2. The molecular weight excluding hydrogens is 514 g/mol. The van der Waals surface area contributed by atoms with Crippen molar-refractivity contribution in [2.75, 3.05) is 48.8 Å². The van der Waals surface area contributed by atoms with Crippen molar-refractivity contribution in [3.8, 4) is 16.9 Å². The van der Waals surface area contributed by atoms with Crippen molar-refractivity contribution in [2.24, 2.45) is 0 Å². The summed E-state index contributed by atoms with van der Waals surface area (Å²) in [4.78, 5) is 30.2. The van der Waals surface area contributed by atoms with E-state index in [1.165, 1.54) is 0 Å². The van der Waals surface area contributed by atoms with E-state index in [1.807, 2.05) is 51.2 Å². The summed E-state index contributed by atoms with van der Waals surface area (Å²) >= 11 is 0. The standard InChI is InChI=1S/C32H37N7O2/c1-21(2)41-29-16-22(3)26(24-10-11-30(33-19-24)39-14-12-38(5)13-15-39)17-28(29)36-32-34-18-23(4)31(37-32)35-27-9-7-6-8-25(27)20-40/h6-11,16-21H,12-15H2,1-5H3,(H2,34,35,36,37). The number of anilines is 5. The third kappa shape index (κ3) is 6.63. The molecule has 0 aliphatic carbocycles. The van der Waals surface area contributed by atoms with E-state index in [1.54, 1.807) is 12.3 Å². The summed E-state index contributed by atoms with van der Waals surface area (Å²) in [6.07, 6.45) is 4.51. The van der Waals surface area contributed by atoms with E-state index >= 15 is 0 Å². The lowest BCUT2D eigenvalue weighted by Crippen LogP contribution is -2.44. The lowest BCUT2D eigenvalue weighted by Gasteiger charge is -2.33. The Labute approximate surface area is 241 Å². The Kier molecular flexibility index (Phi) is 8.45. The number of benzene rings is 2. The maximum Gasteiger partial charge on any atom is 0.229 e. The van der Waals surface area contributed by atoms with Crippen LogP contribution in [0.2, 0.25) is 0 Å². The van der Waals surface area contributed by atoms with Crippen LogP contribution in [0, 0.1) is 13.8 Å². The minimum Gasteiger partial charge on any atom is -0.489 e. The summed E-state index contributed by atoms with van der Waals surface area (Å²) in [5, 5.41) is 6.65. The average Bonchev–Trinajstić information content (AvgIpc) is 2.96. The van der Waals surface area contributed by atoms with Gasteiger partial charge in [0.15, 0.2) is 6.29 Å². The molecule has 0 spiro atoms. The summed E-state index contributed by atoms with van der Waals surface area (Å²) in [7, 11) is 2.15. The molecule has 0 atom stereocenters. The Balaban J connectivity index is 1.44. The molecule has 0 radical (unpaired) electrons. The minimum absolute atomic E-state index is 0.0126. The Bertz CT molecular complexity index is 1510. The lowest BCUT2D eigenvalue weighted by atomic mass is 10.0. The van der Waals surface area contributed by atoms with Crippen LogP contribution in [0.4, 0.5) is 29.0 Å². The molecule has 41 heavy (non-hydrogen) atoms. The monoisotopic (exact) mass is 551 g/mol. The van der Waals surface area contributed by atoms with Gasteiger partial charge >= 0.3 is 0 Å². The van der Waals surface area contributed by atoms with Gasteiger partial charge in [-0.2, -0.15) is 4.98 Å². The molecule has 1 aliphatic heterocycles. The first kappa shape index (κ1) is 28.0. The van der Waals surface area contributed by atoms with Crippen molar-refractivity contribution < 1.29 is 9.53 Å². The highest BCUT2D eigenvalue weighted by Gasteiger charge is 2.17. The van der Waals surface area contributed by atoms with Gasteiger partial charge in [0, 0.05) is 55.3 Å². The molecule has 0 unspecified atom stereocenters. The number of piperazine rings is 1. The van der Waals surface area contributed by atoms with Gasteiger partial charge in [0.1, 0.15) is 17.4 Å². The van der Waals surface area contributed by atoms with Gasteiger partial charge in [-0.05, 0) is 82.3 Å². The number of hydrogen-bond acceptors (Lipinski definition) is 9. The van der Waals surface area contributed by atoms with Crippen molar-refractivity contribution in [3.63, 3.8) is 0 Å². The number of ether oxygens (including phenoxy) is 1. The Morgan fingerprint density at radius 2 is 1.68 bits per heavy atom. The van der Waals surface area contributed by atoms with Gasteiger partial charge in [0.05, 0.1) is 17.5 Å². The van der Waals surface area contributed by atoms with Crippen LogP contribution in [-0.2, 0) is 0 Å². The van der Waals surface area contributed by atoms with Crippen LogP contribution in [-0.4, -0.2) is 65.5 Å². The fraction of sp³-hybridized carbons (Fsp3) is 0.312. The average molecular weight is 552 g/mol. The van der Waals surface area contributed by atoms with Crippen molar-refractivity contribution >= 4 is 35.2 Å². The molecule has 3 heterocycles. The number of aromatic nitrogens is 3. The van der Waals surface area contributed by atoms with E-state index in [4.69, 9.17) is 14.7 Å². The smallest absolute Gasteiger partial charge is 0.229 e. The normalized spacial score (nSPS) is 13.8. The molecule has 212 valence electrons. The summed E-state index contributed by atoms with van der Waals surface area (Å²) in [6, 6.07) is 15.7. The molecule has 1 fully saturated rings. The van der Waals surface area contributed by atoms with Crippen LogP contribution in [0.25, 0.3) is 11.1 Å². The highest BCUT2D eigenvalue weighted by molar-refractivity contribution is 5.86. The molecule has 1 saturated heterocycles. The van der Waals surface area contributed by atoms with E-state index in [0.29, 0.717) is 28.8 Å². The second-order valence-electron chi connectivity index (χ2n) is 10.7. The number of aryl methyl sites for hydroxylation is 2. The zero-order valence-corrected chi connectivity index (χ0v) is 24.3. The zero-order valence-electron chi connectivity index (χ0n) is 24.3. The van der Waals surface area contributed by atoms with Gasteiger partial charge < -0.3 is 25.2 Å². The fourth-order valence-electron chi connectivity index (χ4n) is 4.80. The summed E-state index contributed by atoms with van der Waals surface area (Å²) in [5.41, 5.74) is 6.01. The molecule has 0 bridgehead atoms. The summed E-state index contributed by atoms with van der Waals surface area (Å²) in [6.45, 7) is 12.0. The topological polar surface area (TPSA) is 95.5 Å². The summed E-state index contributed by atoms with van der Waals surface area (Å²) < 4.78 is 6.18. The second kappa shape index (κ2) is 12.3. The van der Waals surface area contributed by atoms with Gasteiger partial charge in [0.25, 0.3) is 0 Å². The van der Waals surface area contributed by atoms with Gasteiger partial charge in [-0.15, -0.1) is 0 Å². The lowest BCUT2D eigenvalue weighted by molar-refractivity contribution is 0.112. The molecule has 9 nitrogen and oxygen atoms in total. The van der Waals surface area contributed by atoms with E-state index in [2.05, 4.69) is 57.6 Å². The second-order valence-corrected chi connectivity index (χ2v) is 10.7. The fourth-order valence-corrected chi connectivity index (χ4v) is 4.80. The quantitative estimate of drug-likeness (QED) is 0.243. The molecule has 1 aliphatic rings. The number of rotatable bonds is 9. The number of para-hydroxylation sites is 1. The van der Waals surface area contributed by atoms with Crippen LogP contribution in [0.5, 0.6) is 5.75 Å². The first-order valence-corrected chi connectivity index (χ1v) is 13.9. The first-order chi connectivity index (χ1) is 19.8. The number of nitrogens with zero attached hydrogens (tertiary/aromatic N) is 5. The van der Waals surface area contributed by atoms with E-state index < -0.39 is 0 Å². The van der Waals surface area contributed by atoms with Gasteiger partial charge in [0.2, 0.25) is 5.95 Å². The van der Waals surface area contributed by atoms with Crippen molar-refractivity contribution in [3.05, 3.63) is 77.6 Å². The highest BCUT2D eigenvalue weighted by Crippen LogP contribution is 2.36. The van der Waals surface area contributed by atoms with Gasteiger partial charge in [-0.1, -0.05) is 12.1 Å². The number of aldehydes is 1. The number of likely N-dealkylation sites (N-methyl/N-ethyl adjacent to an activating group) is 1. The highest BCUT2D eigenvalue weighted by atomic mass is 16.5. The third-order valence-electron chi connectivity index (χ3n) is 7.13. The molecule has 2 aromatic heterocycles. The van der Waals surface area contributed by atoms with Crippen LogP contribution in [0.3, 0.4) is 0 Å². The maximum atomic E-state index is 11.5. The SMILES string of the molecule is Cc1cc(OC(C)C)c(Nc2ncc(C)c(Nc3ccccc3C=O)n2)cc1-c1ccc(N2CCN(C)CC2)nc1. The van der Waals surface area contributed by atoms with Crippen molar-refractivity contribution in [1.29, 1.82) is 0 Å². The molecule has 0 amide bonds. The Hall–Kier alpha value is -4.50. The Morgan fingerprint density at radius 1 is 0.902 bits per heavy atom. The molecular formula is C32H37N7O2. The first-order valence-electron chi connectivity index (χ1n) is 13.9. The van der Waals surface area contributed by atoms with Crippen LogP contribution >= 0.6 is 0 Å². The molecule has 2 N–H and O–H groups in total. The van der Waals surface area contributed by atoms with Crippen molar-refractivity contribution in [1.82, 2.24) is 19.9 Å².